The molecule has 0 atom stereocenters. The number of hydrogen-bond acceptors (Lipinski definition) is 5. The zero-order valence-electron chi connectivity index (χ0n) is 13.5. The van der Waals surface area contributed by atoms with Crippen molar-refractivity contribution in [2.45, 2.75) is 52.0 Å². The Labute approximate surface area is 128 Å². The fourth-order valence-corrected chi connectivity index (χ4v) is 2.65. The molecule has 1 rings (SSSR count). The van der Waals surface area contributed by atoms with Crippen molar-refractivity contribution < 1.29 is 13.2 Å². The average molecular weight is 314 g/mol. The molecular formula is C15H26N2O3S. The standard InChI is InChI=1S/C15H26N2O3S/c1-12(2)20-14-13(7-6-8-17-14)11-16-9-10-21(18,19)15(3,4)5/h6-8,12,16H,9-11H2,1-5H3. The predicted molar refractivity (Wildman–Crippen MR) is 85.2 cm³/mol. The van der Waals surface area contributed by atoms with Crippen LogP contribution in [-0.4, -0.2) is 36.6 Å². The number of hydrogen-bond donors (Lipinski definition) is 1. The zero-order valence-corrected chi connectivity index (χ0v) is 14.3. The Hall–Kier alpha value is -1.14. The summed E-state index contributed by atoms with van der Waals surface area (Å²) in [7, 11) is -3.09. The number of nitrogens with one attached hydrogen (secondary N) is 1. The molecule has 0 amide bonds. The summed E-state index contributed by atoms with van der Waals surface area (Å²) in [4.78, 5) is 4.21. The number of nitrogens with zero attached hydrogens (tertiary/aromatic N) is 1. The maximum absolute atomic E-state index is 12.0. The molecule has 0 aliphatic heterocycles. The van der Waals surface area contributed by atoms with Crippen molar-refractivity contribution in [1.82, 2.24) is 10.3 Å². The minimum atomic E-state index is -3.09. The van der Waals surface area contributed by atoms with Crippen LogP contribution in [0.1, 0.15) is 40.2 Å². The van der Waals surface area contributed by atoms with E-state index in [1.807, 2.05) is 26.0 Å². The van der Waals surface area contributed by atoms with E-state index in [9.17, 15) is 8.42 Å². The Morgan fingerprint density at radius 3 is 2.57 bits per heavy atom. The van der Waals surface area contributed by atoms with Crippen LogP contribution in [0.3, 0.4) is 0 Å². The summed E-state index contributed by atoms with van der Waals surface area (Å²) < 4.78 is 28.9. The molecule has 1 heterocycles. The van der Waals surface area contributed by atoms with E-state index < -0.39 is 14.6 Å². The molecule has 0 aliphatic rings. The van der Waals surface area contributed by atoms with Gasteiger partial charge in [0.1, 0.15) is 0 Å². The molecule has 120 valence electrons. The van der Waals surface area contributed by atoms with E-state index in [2.05, 4.69) is 10.3 Å². The van der Waals surface area contributed by atoms with Crippen LogP contribution < -0.4 is 10.1 Å². The SMILES string of the molecule is CC(C)Oc1ncccc1CNCCS(=O)(=O)C(C)(C)C. The second-order valence-corrected chi connectivity index (χ2v) is 9.10. The van der Waals surface area contributed by atoms with Crippen molar-refractivity contribution in [2.75, 3.05) is 12.3 Å². The topological polar surface area (TPSA) is 68.3 Å². The van der Waals surface area contributed by atoms with Gasteiger partial charge in [-0.1, -0.05) is 6.07 Å². The molecular weight excluding hydrogens is 288 g/mol. The fourth-order valence-electron chi connectivity index (χ4n) is 1.62. The molecule has 0 aromatic carbocycles. The molecule has 21 heavy (non-hydrogen) atoms. The summed E-state index contributed by atoms with van der Waals surface area (Å²) in [6, 6.07) is 3.77. The first-order chi connectivity index (χ1) is 9.63. The van der Waals surface area contributed by atoms with Gasteiger partial charge in [-0.3, -0.25) is 0 Å². The summed E-state index contributed by atoms with van der Waals surface area (Å²) in [5, 5.41) is 3.14. The highest BCUT2D eigenvalue weighted by molar-refractivity contribution is 7.92. The minimum Gasteiger partial charge on any atom is -0.475 e. The normalized spacial score (nSPS) is 12.7. The third-order valence-corrected chi connectivity index (χ3v) is 5.60. The zero-order chi connectivity index (χ0) is 16.1. The number of pyridine rings is 1. The van der Waals surface area contributed by atoms with Gasteiger partial charge in [-0.15, -0.1) is 0 Å². The molecule has 0 fully saturated rings. The van der Waals surface area contributed by atoms with Gasteiger partial charge in [0.05, 0.1) is 16.6 Å². The Balaban J connectivity index is 2.54. The molecule has 1 aromatic rings. The molecule has 5 nitrogen and oxygen atoms in total. The van der Waals surface area contributed by atoms with Crippen molar-refractivity contribution in [2.24, 2.45) is 0 Å². The van der Waals surface area contributed by atoms with E-state index in [1.54, 1.807) is 27.0 Å². The summed E-state index contributed by atoms with van der Waals surface area (Å²) in [5.41, 5.74) is 0.930. The predicted octanol–water partition coefficient (Wildman–Crippen LogP) is 2.17. The van der Waals surface area contributed by atoms with E-state index in [4.69, 9.17) is 4.74 Å². The van der Waals surface area contributed by atoms with E-state index in [0.717, 1.165) is 5.56 Å². The van der Waals surface area contributed by atoms with Crippen LogP contribution in [0.15, 0.2) is 18.3 Å². The number of rotatable bonds is 7. The molecule has 0 saturated carbocycles. The summed E-state index contributed by atoms with van der Waals surface area (Å²) in [6.07, 6.45) is 1.74. The van der Waals surface area contributed by atoms with Crippen LogP contribution in [-0.2, 0) is 16.4 Å². The van der Waals surface area contributed by atoms with Crippen LogP contribution in [0.5, 0.6) is 5.88 Å². The van der Waals surface area contributed by atoms with Gasteiger partial charge in [0.2, 0.25) is 5.88 Å². The van der Waals surface area contributed by atoms with Gasteiger partial charge in [-0.2, -0.15) is 0 Å². The largest absolute Gasteiger partial charge is 0.475 e. The highest BCUT2D eigenvalue weighted by atomic mass is 32.2. The van der Waals surface area contributed by atoms with Gasteiger partial charge >= 0.3 is 0 Å². The van der Waals surface area contributed by atoms with Crippen molar-refractivity contribution in [3.05, 3.63) is 23.9 Å². The van der Waals surface area contributed by atoms with E-state index >= 15 is 0 Å². The van der Waals surface area contributed by atoms with Crippen LogP contribution in [0.25, 0.3) is 0 Å². The highest BCUT2D eigenvalue weighted by Crippen LogP contribution is 2.17. The summed E-state index contributed by atoms with van der Waals surface area (Å²) >= 11 is 0. The van der Waals surface area contributed by atoms with Crippen LogP contribution in [0.4, 0.5) is 0 Å². The molecule has 1 aromatic heterocycles. The second-order valence-electron chi connectivity index (χ2n) is 6.24. The first-order valence-corrected chi connectivity index (χ1v) is 8.82. The van der Waals surface area contributed by atoms with Gasteiger partial charge in [0, 0.05) is 24.8 Å². The van der Waals surface area contributed by atoms with Crippen LogP contribution >= 0.6 is 0 Å². The Bertz CT molecular complexity index is 548. The molecule has 0 unspecified atom stereocenters. The van der Waals surface area contributed by atoms with E-state index in [0.29, 0.717) is 19.0 Å². The maximum Gasteiger partial charge on any atom is 0.218 e. The second kappa shape index (κ2) is 7.22. The van der Waals surface area contributed by atoms with Gasteiger partial charge in [-0.25, -0.2) is 13.4 Å². The van der Waals surface area contributed by atoms with Crippen LogP contribution in [0.2, 0.25) is 0 Å². The average Bonchev–Trinajstić information content (AvgIpc) is 2.34. The monoisotopic (exact) mass is 314 g/mol. The van der Waals surface area contributed by atoms with Gasteiger partial charge in [-0.05, 0) is 40.7 Å². The van der Waals surface area contributed by atoms with Gasteiger partial charge in [0.15, 0.2) is 9.84 Å². The minimum absolute atomic E-state index is 0.0555. The number of sulfone groups is 1. The lowest BCUT2D eigenvalue weighted by atomic mass is 10.2. The molecule has 0 spiro atoms. The lowest BCUT2D eigenvalue weighted by Gasteiger charge is -2.19. The van der Waals surface area contributed by atoms with Crippen LogP contribution in [0, 0.1) is 0 Å². The lowest BCUT2D eigenvalue weighted by molar-refractivity contribution is 0.229. The van der Waals surface area contributed by atoms with Crippen molar-refractivity contribution in [1.29, 1.82) is 0 Å². The molecule has 0 aliphatic carbocycles. The van der Waals surface area contributed by atoms with Crippen molar-refractivity contribution in [3.8, 4) is 5.88 Å². The third kappa shape index (κ3) is 5.63. The molecule has 6 heteroatoms. The van der Waals surface area contributed by atoms with Crippen molar-refractivity contribution >= 4 is 9.84 Å². The van der Waals surface area contributed by atoms with Crippen molar-refractivity contribution in [3.63, 3.8) is 0 Å². The van der Waals surface area contributed by atoms with E-state index in [1.165, 1.54) is 0 Å². The third-order valence-electron chi connectivity index (χ3n) is 2.99. The molecule has 0 bridgehead atoms. The molecule has 0 radical (unpaired) electrons. The fraction of sp³-hybridized carbons (Fsp3) is 0.667. The lowest BCUT2D eigenvalue weighted by Crippen LogP contribution is -2.34. The number of aromatic nitrogens is 1. The quantitative estimate of drug-likeness (QED) is 0.781. The Kier molecular flexibility index (Phi) is 6.16. The summed E-state index contributed by atoms with van der Waals surface area (Å²) in [6.45, 7) is 10.0. The first-order valence-electron chi connectivity index (χ1n) is 7.17. The molecule has 0 saturated heterocycles. The Morgan fingerprint density at radius 1 is 1.33 bits per heavy atom. The number of ether oxygens (including phenoxy) is 1. The van der Waals surface area contributed by atoms with Gasteiger partial charge in [0.25, 0.3) is 0 Å². The Morgan fingerprint density at radius 2 is 2.00 bits per heavy atom. The maximum atomic E-state index is 12.0. The molecule has 1 N–H and O–H groups in total. The first kappa shape index (κ1) is 17.9. The van der Waals surface area contributed by atoms with Gasteiger partial charge < -0.3 is 10.1 Å². The summed E-state index contributed by atoms with van der Waals surface area (Å²) in [5.74, 6) is 0.718. The highest BCUT2D eigenvalue weighted by Gasteiger charge is 2.28. The van der Waals surface area contributed by atoms with E-state index in [-0.39, 0.29) is 11.9 Å². The smallest absolute Gasteiger partial charge is 0.218 e.